The Kier molecular flexibility index (Phi) is 37.1. The topological polar surface area (TPSA) is 307 Å². The summed E-state index contributed by atoms with van der Waals surface area (Å²) in [6.07, 6.45) is 10.4. The number of rotatable bonds is 44. The fourth-order valence-electron chi connectivity index (χ4n) is 10.5. The van der Waals surface area contributed by atoms with E-state index in [1.54, 1.807) is 0 Å². The maximum atomic E-state index is 13.3. The van der Waals surface area contributed by atoms with Gasteiger partial charge in [-0.05, 0) is 12.8 Å². The minimum atomic E-state index is -1.97. The second-order valence-electron chi connectivity index (χ2n) is 21.8. The van der Waals surface area contributed by atoms with E-state index < -0.39 is 124 Å². The molecule has 3 aliphatic heterocycles. The molecular formula is C56H107NO18. The van der Waals surface area contributed by atoms with E-state index in [4.69, 9.17) is 28.4 Å². The zero-order valence-corrected chi connectivity index (χ0v) is 46.0. The Balaban J connectivity index is 1.50. The van der Waals surface area contributed by atoms with Gasteiger partial charge in [0.1, 0.15) is 73.2 Å². The lowest BCUT2D eigenvalue weighted by atomic mass is 9.96. The number of unbranched alkanes of at least 4 members (excludes halogenated alkanes) is 28. The third-order valence-electron chi connectivity index (χ3n) is 15.4. The van der Waals surface area contributed by atoms with Crippen LogP contribution in [0.2, 0.25) is 0 Å². The van der Waals surface area contributed by atoms with E-state index in [0.29, 0.717) is 12.8 Å². The molecule has 12 N–H and O–H groups in total. The first kappa shape index (κ1) is 68.1. The minimum absolute atomic E-state index is 0.241. The second kappa shape index (κ2) is 40.9. The molecule has 0 aromatic rings. The zero-order chi connectivity index (χ0) is 54.8. The maximum Gasteiger partial charge on any atom is 0.220 e. The number of ether oxygens (including phenoxy) is 6. The van der Waals surface area contributed by atoms with Gasteiger partial charge in [0.05, 0.1) is 38.6 Å². The summed E-state index contributed by atoms with van der Waals surface area (Å²) in [4.78, 5) is 13.3. The first-order chi connectivity index (χ1) is 36.3. The summed E-state index contributed by atoms with van der Waals surface area (Å²) in [7, 11) is 0. The van der Waals surface area contributed by atoms with Crippen molar-refractivity contribution in [2.45, 2.75) is 324 Å². The van der Waals surface area contributed by atoms with E-state index in [2.05, 4.69) is 19.2 Å². The first-order valence-corrected chi connectivity index (χ1v) is 29.8. The highest BCUT2D eigenvalue weighted by molar-refractivity contribution is 5.76. The number of carbonyl (C=O) groups is 1. The molecule has 17 unspecified atom stereocenters. The van der Waals surface area contributed by atoms with Gasteiger partial charge in [0.2, 0.25) is 5.91 Å². The number of aliphatic hydroxyl groups is 11. The highest BCUT2D eigenvalue weighted by atomic mass is 16.8. The largest absolute Gasteiger partial charge is 0.394 e. The van der Waals surface area contributed by atoms with Crippen molar-refractivity contribution in [3.8, 4) is 0 Å². The Labute approximate surface area is 449 Å². The van der Waals surface area contributed by atoms with E-state index in [1.807, 2.05) is 0 Å². The lowest BCUT2D eigenvalue weighted by Gasteiger charge is -2.48. The van der Waals surface area contributed by atoms with Crippen LogP contribution in [0.1, 0.15) is 219 Å². The van der Waals surface area contributed by atoms with Crippen molar-refractivity contribution in [2.24, 2.45) is 0 Å². The fourth-order valence-corrected chi connectivity index (χ4v) is 10.5. The summed E-state index contributed by atoms with van der Waals surface area (Å²) < 4.78 is 34.3. The van der Waals surface area contributed by atoms with Gasteiger partial charge in [0, 0.05) is 6.42 Å². The molecule has 75 heavy (non-hydrogen) atoms. The van der Waals surface area contributed by atoms with Crippen molar-refractivity contribution in [1.82, 2.24) is 5.32 Å². The van der Waals surface area contributed by atoms with E-state index in [9.17, 15) is 61.0 Å². The Morgan fingerprint density at radius 2 is 0.760 bits per heavy atom. The summed E-state index contributed by atoms with van der Waals surface area (Å²) in [5, 5.41) is 120. The number of hydrogen-bond acceptors (Lipinski definition) is 18. The lowest BCUT2D eigenvalue weighted by molar-refractivity contribution is -0.379. The molecule has 3 heterocycles. The van der Waals surface area contributed by atoms with Gasteiger partial charge in [0.25, 0.3) is 0 Å². The summed E-state index contributed by atoms with van der Waals surface area (Å²) in [6, 6.07) is -0.879. The molecule has 0 saturated carbocycles. The molecule has 17 atom stereocenters. The van der Waals surface area contributed by atoms with Crippen LogP contribution in [0.3, 0.4) is 0 Å². The van der Waals surface area contributed by atoms with Crippen LogP contribution in [-0.4, -0.2) is 193 Å². The minimum Gasteiger partial charge on any atom is -0.394 e. The molecular weight excluding hydrogens is 975 g/mol. The van der Waals surface area contributed by atoms with E-state index in [1.165, 1.54) is 141 Å². The van der Waals surface area contributed by atoms with Crippen LogP contribution in [0.15, 0.2) is 0 Å². The van der Waals surface area contributed by atoms with Crippen LogP contribution in [0, 0.1) is 0 Å². The van der Waals surface area contributed by atoms with Gasteiger partial charge < -0.3 is 89.9 Å². The maximum absolute atomic E-state index is 13.3. The molecule has 1 amide bonds. The average Bonchev–Trinajstić information content (AvgIpc) is 3.41. The molecule has 3 rings (SSSR count). The third kappa shape index (κ3) is 25.4. The van der Waals surface area contributed by atoms with Crippen molar-refractivity contribution in [3.63, 3.8) is 0 Å². The van der Waals surface area contributed by atoms with Gasteiger partial charge in [-0.1, -0.05) is 200 Å². The van der Waals surface area contributed by atoms with Gasteiger partial charge in [0.15, 0.2) is 18.9 Å². The van der Waals surface area contributed by atoms with E-state index >= 15 is 0 Å². The van der Waals surface area contributed by atoms with Crippen molar-refractivity contribution in [3.05, 3.63) is 0 Å². The van der Waals surface area contributed by atoms with Crippen molar-refractivity contribution in [2.75, 3.05) is 26.4 Å². The summed E-state index contributed by atoms with van der Waals surface area (Å²) in [6.45, 7) is 1.80. The van der Waals surface area contributed by atoms with Gasteiger partial charge in [-0.15, -0.1) is 0 Å². The molecule has 3 saturated heterocycles. The van der Waals surface area contributed by atoms with E-state index in [0.717, 1.165) is 44.9 Å². The lowest BCUT2D eigenvalue weighted by Crippen LogP contribution is -2.66. The first-order valence-electron chi connectivity index (χ1n) is 29.8. The summed E-state index contributed by atoms with van der Waals surface area (Å²) in [5.74, 6) is -0.241. The van der Waals surface area contributed by atoms with Gasteiger partial charge in [-0.3, -0.25) is 4.79 Å². The van der Waals surface area contributed by atoms with Crippen LogP contribution < -0.4 is 5.32 Å². The monoisotopic (exact) mass is 1080 g/mol. The van der Waals surface area contributed by atoms with E-state index in [-0.39, 0.29) is 18.9 Å². The molecule has 0 spiro atoms. The smallest absolute Gasteiger partial charge is 0.220 e. The van der Waals surface area contributed by atoms with Gasteiger partial charge in [-0.2, -0.15) is 0 Å². The second-order valence-corrected chi connectivity index (χ2v) is 21.8. The van der Waals surface area contributed by atoms with Crippen molar-refractivity contribution in [1.29, 1.82) is 0 Å². The molecule has 0 bridgehead atoms. The highest BCUT2D eigenvalue weighted by Crippen LogP contribution is 2.33. The number of amides is 1. The SMILES string of the molecule is CCCCCCCCCCCCCCCCCCCC(O)C(COC1OC(CO)C(OC2OC(CO)C(OC3OC(CO)C(O)C(O)C3O)C(O)C2O)C(O)C1O)NC(=O)CCCCCCCCCCCCCCC. The van der Waals surface area contributed by atoms with Crippen LogP contribution in [-0.2, 0) is 33.2 Å². The predicted molar refractivity (Wildman–Crippen MR) is 282 cm³/mol. The summed E-state index contributed by atoms with van der Waals surface area (Å²) >= 11 is 0. The molecule has 19 heteroatoms. The summed E-state index contributed by atoms with van der Waals surface area (Å²) in [5.41, 5.74) is 0. The Morgan fingerprint density at radius 1 is 0.427 bits per heavy atom. The molecule has 3 aliphatic rings. The highest BCUT2D eigenvalue weighted by Gasteiger charge is 2.53. The number of nitrogens with one attached hydrogen (secondary N) is 1. The van der Waals surface area contributed by atoms with Crippen molar-refractivity contribution < 1.29 is 89.4 Å². The standard InChI is InChI=1S/C56H107NO18/c1-3-5-7-9-11-13-15-17-18-19-20-22-23-25-27-29-31-33-40(61)39(57-44(62)34-32-30-28-26-24-21-16-14-12-10-8-6-4-2)38-70-54-50(68)47(65)52(42(36-59)72-54)75-56-51(69)48(66)53(43(37-60)73-56)74-55-49(67)46(64)45(63)41(35-58)71-55/h39-43,45-56,58-61,63-69H,3-38H2,1-2H3,(H,57,62). The fraction of sp³-hybridized carbons (Fsp3) is 0.982. The van der Waals surface area contributed by atoms with Gasteiger partial charge >= 0.3 is 0 Å². The third-order valence-corrected chi connectivity index (χ3v) is 15.4. The molecule has 19 nitrogen and oxygen atoms in total. The normalized spacial score (nSPS) is 31.1. The van der Waals surface area contributed by atoms with Crippen LogP contribution in [0.5, 0.6) is 0 Å². The Morgan fingerprint density at radius 3 is 1.16 bits per heavy atom. The quantitative estimate of drug-likeness (QED) is 0.0364. The molecule has 0 aromatic carbocycles. The van der Waals surface area contributed by atoms with Crippen LogP contribution in [0.25, 0.3) is 0 Å². The average molecular weight is 1080 g/mol. The van der Waals surface area contributed by atoms with Crippen LogP contribution >= 0.6 is 0 Å². The van der Waals surface area contributed by atoms with Crippen molar-refractivity contribution >= 4 is 5.91 Å². The zero-order valence-electron chi connectivity index (χ0n) is 46.0. The molecule has 3 fully saturated rings. The number of hydrogen-bond donors (Lipinski definition) is 12. The molecule has 0 radical (unpaired) electrons. The molecule has 444 valence electrons. The molecule has 0 aromatic heterocycles. The Bertz CT molecular complexity index is 1390. The van der Waals surface area contributed by atoms with Crippen LogP contribution in [0.4, 0.5) is 0 Å². The number of aliphatic hydroxyl groups excluding tert-OH is 11. The van der Waals surface area contributed by atoms with Gasteiger partial charge in [-0.25, -0.2) is 0 Å². The number of carbonyl (C=O) groups excluding carboxylic acids is 1. The molecule has 0 aliphatic carbocycles. The Hall–Kier alpha value is -1.21. The predicted octanol–water partition coefficient (Wildman–Crippen LogP) is 4.82.